The van der Waals surface area contributed by atoms with Gasteiger partial charge in [-0.15, -0.1) is 12.4 Å². The third-order valence-electron chi connectivity index (χ3n) is 4.83. The molecule has 152 valence electrons. The Kier molecular flexibility index (Phi) is 9.28. The van der Waals surface area contributed by atoms with E-state index in [9.17, 15) is 4.79 Å². The monoisotopic (exact) mass is 404 g/mol. The van der Waals surface area contributed by atoms with Crippen LogP contribution < -0.4 is 15.4 Å². The molecule has 0 saturated carbocycles. The van der Waals surface area contributed by atoms with E-state index in [1.54, 1.807) is 7.11 Å². The molecule has 0 aliphatic carbocycles. The molecule has 1 atom stereocenters. The fourth-order valence-electron chi connectivity index (χ4n) is 3.21. The lowest BCUT2D eigenvalue weighted by molar-refractivity contribution is -0.116. The first kappa shape index (κ1) is 22.2. The zero-order valence-electron chi connectivity index (χ0n) is 16.3. The maximum Gasteiger partial charge on any atom is 0.224 e. The molecule has 1 amide bonds. The summed E-state index contributed by atoms with van der Waals surface area (Å²) in [6.07, 6.45) is 3.58. The summed E-state index contributed by atoms with van der Waals surface area (Å²) in [5.41, 5.74) is 2.02. The van der Waals surface area contributed by atoms with Crippen molar-refractivity contribution >= 4 is 24.0 Å². The van der Waals surface area contributed by atoms with Crippen molar-refractivity contribution in [2.45, 2.75) is 25.7 Å². The molecule has 28 heavy (non-hydrogen) atoms. The van der Waals surface area contributed by atoms with Crippen LogP contribution in [0.2, 0.25) is 0 Å². The van der Waals surface area contributed by atoms with Gasteiger partial charge in [0.2, 0.25) is 5.91 Å². The van der Waals surface area contributed by atoms with Crippen LogP contribution in [0.4, 0.5) is 5.69 Å². The number of rotatable bonds is 9. The molecule has 0 aromatic heterocycles. The number of nitrogens with one attached hydrogen (secondary N) is 2. The number of benzene rings is 2. The number of ether oxygens (including phenoxy) is 2. The Balaban J connectivity index is 0.00000280. The van der Waals surface area contributed by atoms with Crippen LogP contribution in [0.5, 0.6) is 11.5 Å². The van der Waals surface area contributed by atoms with Crippen LogP contribution in [0, 0.1) is 5.92 Å². The fourth-order valence-corrected chi connectivity index (χ4v) is 3.21. The highest BCUT2D eigenvalue weighted by molar-refractivity contribution is 5.90. The Bertz CT molecular complexity index is 714. The van der Waals surface area contributed by atoms with Crippen LogP contribution in [-0.4, -0.2) is 32.7 Å². The molecule has 2 N–H and O–H groups in total. The standard InChI is InChI=1S/C22H28N2O3.ClH/c1-26-15-13-17-2-7-20(8-3-17)27-21-9-5-19(6-10-21)24-22(25)11-4-18-12-14-23-16-18;/h2-3,5-10,18,23H,4,11-16H2,1H3,(H,24,25);1H. The van der Waals surface area contributed by atoms with Gasteiger partial charge in [-0.3, -0.25) is 4.79 Å². The van der Waals surface area contributed by atoms with Crippen molar-refractivity contribution < 1.29 is 14.3 Å². The first-order valence-corrected chi connectivity index (χ1v) is 9.59. The largest absolute Gasteiger partial charge is 0.457 e. The predicted octanol–water partition coefficient (Wildman–Crippen LogP) is 4.42. The second kappa shape index (κ2) is 11.7. The average Bonchev–Trinajstić information content (AvgIpc) is 3.21. The number of amides is 1. The zero-order valence-corrected chi connectivity index (χ0v) is 17.1. The quantitative estimate of drug-likeness (QED) is 0.649. The van der Waals surface area contributed by atoms with Crippen LogP contribution in [0.15, 0.2) is 48.5 Å². The minimum atomic E-state index is 0. The lowest BCUT2D eigenvalue weighted by atomic mass is 10.0. The van der Waals surface area contributed by atoms with Crippen molar-refractivity contribution in [2.75, 3.05) is 32.1 Å². The third-order valence-corrected chi connectivity index (χ3v) is 4.83. The zero-order chi connectivity index (χ0) is 18.9. The average molecular weight is 405 g/mol. The number of methoxy groups -OCH3 is 1. The van der Waals surface area contributed by atoms with Crippen molar-refractivity contribution in [3.05, 3.63) is 54.1 Å². The van der Waals surface area contributed by atoms with Gasteiger partial charge in [-0.1, -0.05) is 12.1 Å². The van der Waals surface area contributed by atoms with E-state index in [2.05, 4.69) is 10.6 Å². The summed E-state index contributed by atoms with van der Waals surface area (Å²) in [7, 11) is 1.71. The third kappa shape index (κ3) is 7.15. The van der Waals surface area contributed by atoms with E-state index in [4.69, 9.17) is 9.47 Å². The molecule has 1 fully saturated rings. The molecule has 2 aromatic rings. The van der Waals surface area contributed by atoms with Gasteiger partial charge in [0.25, 0.3) is 0 Å². The van der Waals surface area contributed by atoms with E-state index < -0.39 is 0 Å². The molecule has 3 rings (SSSR count). The van der Waals surface area contributed by atoms with E-state index in [0.29, 0.717) is 18.9 Å². The molecule has 1 heterocycles. The highest BCUT2D eigenvalue weighted by Crippen LogP contribution is 2.24. The van der Waals surface area contributed by atoms with Gasteiger partial charge < -0.3 is 20.1 Å². The summed E-state index contributed by atoms with van der Waals surface area (Å²) >= 11 is 0. The van der Waals surface area contributed by atoms with Crippen LogP contribution in [-0.2, 0) is 16.0 Å². The van der Waals surface area contributed by atoms with Crippen LogP contribution in [0.1, 0.15) is 24.8 Å². The molecular weight excluding hydrogens is 376 g/mol. The Hall–Kier alpha value is -2.08. The summed E-state index contributed by atoms with van der Waals surface area (Å²) in [4.78, 5) is 12.1. The van der Waals surface area contributed by atoms with Crippen LogP contribution in [0.3, 0.4) is 0 Å². The Labute approximate surface area is 173 Å². The lowest BCUT2D eigenvalue weighted by Gasteiger charge is -2.10. The van der Waals surface area contributed by atoms with E-state index in [-0.39, 0.29) is 18.3 Å². The van der Waals surface area contributed by atoms with E-state index in [1.165, 1.54) is 12.0 Å². The van der Waals surface area contributed by atoms with Crippen LogP contribution >= 0.6 is 12.4 Å². The maximum atomic E-state index is 12.1. The number of carbonyl (C=O) groups is 1. The Morgan fingerprint density at radius 1 is 1.11 bits per heavy atom. The minimum Gasteiger partial charge on any atom is -0.457 e. The second-order valence-electron chi connectivity index (χ2n) is 6.96. The normalized spacial score (nSPS) is 15.7. The van der Waals surface area contributed by atoms with Crippen LogP contribution in [0.25, 0.3) is 0 Å². The molecular formula is C22H29ClN2O3. The van der Waals surface area contributed by atoms with Gasteiger partial charge in [-0.25, -0.2) is 0 Å². The molecule has 0 radical (unpaired) electrons. The van der Waals surface area contributed by atoms with Crippen molar-refractivity contribution in [1.29, 1.82) is 0 Å². The van der Waals surface area contributed by atoms with Crippen molar-refractivity contribution in [3.63, 3.8) is 0 Å². The van der Waals surface area contributed by atoms with Gasteiger partial charge in [-0.05, 0) is 80.2 Å². The van der Waals surface area contributed by atoms with E-state index >= 15 is 0 Å². The SMILES string of the molecule is COCCc1ccc(Oc2ccc(NC(=O)CCC3CCNC3)cc2)cc1.Cl. The predicted molar refractivity (Wildman–Crippen MR) is 115 cm³/mol. The van der Waals surface area contributed by atoms with Crippen molar-refractivity contribution in [1.82, 2.24) is 5.32 Å². The van der Waals surface area contributed by atoms with Crippen molar-refractivity contribution in [2.24, 2.45) is 5.92 Å². The van der Waals surface area contributed by atoms with Gasteiger partial charge in [0.15, 0.2) is 0 Å². The fraction of sp³-hybridized carbons (Fsp3) is 0.409. The summed E-state index contributed by atoms with van der Waals surface area (Å²) < 4.78 is 10.9. The smallest absolute Gasteiger partial charge is 0.224 e. The summed E-state index contributed by atoms with van der Waals surface area (Å²) in [6, 6.07) is 15.5. The minimum absolute atomic E-state index is 0. The maximum absolute atomic E-state index is 12.1. The van der Waals surface area contributed by atoms with Crippen molar-refractivity contribution in [3.8, 4) is 11.5 Å². The number of carbonyl (C=O) groups excluding carboxylic acids is 1. The second-order valence-corrected chi connectivity index (χ2v) is 6.96. The summed E-state index contributed by atoms with van der Waals surface area (Å²) in [5.74, 6) is 2.24. The first-order chi connectivity index (χ1) is 13.2. The molecule has 0 bridgehead atoms. The van der Waals surface area contributed by atoms with Gasteiger partial charge in [0, 0.05) is 19.2 Å². The Morgan fingerprint density at radius 3 is 2.39 bits per heavy atom. The topological polar surface area (TPSA) is 59.6 Å². The molecule has 1 saturated heterocycles. The summed E-state index contributed by atoms with van der Waals surface area (Å²) in [6.45, 7) is 2.82. The lowest BCUT2D eigenvalue weighted by Crippen LogP contribution is -2.14. The van der Waals surface area contributed by atoms with Gasteiger partial charge >= 0.3 is 0 Å². The number of hydrogen-bond donors (Lipinski definition) is 2. The number of halogens is 1. The van der Waals surface area contributed by atoms with Gasteiger partial charge in [0.05, 0.1) is 6.61 Å². The molecule has 6 heteroatoms. The molecule has 0 spiro atoms. The molecule has 1 aliphatic rings. The van der Waals surface area contributed by atoms with Gasteiger partial charge in [0.1, 0.15) is 11.5 Å². The van der Waals surface area contributed by atoms with E-state index in [1.807, 2.05) is 48.5 Å². The molecule has 2 aromatic carbocycles. The highest BCUT2D eigenvalue weighted by Gasteiger charge is 2.15. The molecule has 5 nitrogen and oxygen atoms in total. The highest BCUT2D eigenvalue weighted by atomic mass is 35.5. The first-order valence-electron chi connectivity index (χ1n) is 9.59. The van der Waals surface area contributed by atoms with E-state index in [0.717, 1.165) is 43.1 Å². The molecule has 1 unspecified atom stereocenters. The van der Waals surface area contributed by atoms with Gasteiger partial charge in [-0.2, -0.15) is 0 Å². The number of hydrogen-bond acceptors (Lipinski definition) is 4. The summed E-state index contributed by atoms with van der Waals surface area (Å²) in [5, 5.41) is 6.29. The molecule has 1 aliphatic heterocycles. The Morgan fingerprint density at radius 2 is 1.79 bits per heavy atom. The number of anilines is 1.